The van der Waals surface area contributed by atoms with E-state index < -0.39 is 0 Å². The van der Waals surface area contributed by atoms with Crippen molar-refractivity contribution >= 4 is 62.7 Å². The number of aromatic nitrogens is 3. The highest BCUT2D eigenvalue weighted by Crippen LogP contribution is 2.33. The molecule has 32 heavy (non-hydrogen) atoms. The molecule has 0 aliphatic heterocycles. The number of hydrogen-bond donors (Lipinski definition) is 3. The zero-order valence-electron chi connectivity index (χ0n) is 18.2. The summed E-state index contributed by atoms with van der Waals surface area (Å²) in [7, 11) is 0. The standard InChI is InChI=1S/C24H25Cl2N5O/c1-4-31(5-2)13-7-10-18-14(3)15-11-12-19-22(20(15)23(32)27-18)30-24(28-19)29-21-16(25)8-6-9-17(21)26/h6-12H,4-5,13H2,1-3H3,(H,27,32)(H2,28,29,30). The van der Waals surface area contributed by atoms with E-state index in [0.717, 1.165) is 41.8 Å². The molecule has 8 heteroatoms. The minimum atomic E-state index is -0.174. The van der Waals surface area contributed by atoms with Gasteiger partial charge in [-0.1, -0.05) is 55.3 Å². The van der Waals surface area contributed by atoms with Crippen molar-refractivity contribution in [3.8, 4) is 0 Å². The van der Waals surface area contributed by atoms with Gasteiger partial charge in [-0.15, -0.1) is 0 Å². The number of aromatic amines is 2. The third kappa shape index (κ3) is 4.26. The van der Waals surface area contributed by atoms with Gasteiger partial charge in [0.1, 0.15) is 5.52 Å². The molecule has 4 rings (SSSR count). The molecule has 0 bridgehead atoms. The lowest BCUT2D eigenvalue weighted by Gasteiger charge is -2.15. The molecule has 6 nitrogen and oxygen atoms in total. The van der Waals surface area contributed by atoms with Crippen molar-refractivity contribution in [2.24, 2.45) is 0 Å². The maximum absolute atomic E-state index is 13.0. The molecule has 0 fully saturated rings. The summed E-state index contributed by atoms with van der Waals surface area (Å²) in [5.74, 6) is 0.461. The van der Waals surface area contributed by atoms with Gasteiger partial charge in [0, 0.05) is 12.2 Å². The van der Waals surface area contributed by atoms with Crippen LogP contribution in [-0.4, -0.2) is 39.5 Å². The summed E-state index contributed by atoms with van der Waals surface area (Å²) in [6.45, 7) is 9.10. The Morgan fingerprint density at radius 2 is 1.81 bits per heavy atom. The number of rotatable bonds is 7. The third-order valence-electron chi connectivity index (χ3n) is 5.69. The molecule has 4 aromatic rings. The fourth-order valence-corrected chi connectivity index (χ4v) is 4.30. The van der Waals surface area contributed by atoms with Gasteiger partial charge in [-0.05, 0) is 55.2 Å². The second-order valence-electron chi connectivity index (χ2n) is 7.57. The predicted molar refractivity (Wildman–Crippen MR) is 136 cm³/mol. The zero-order valence-corrected chi connectivity index (χ0v) is 19.7. The Kier molecular flexibility index (Phi) is 6.55. The molecule has 2 aromatic carbocycles. The first-order chi connectivity index (χ1) is 15.4. The lowest BCUT2D eigenvalue weighted by molar-refractivity contribution is 0.338. The molecule has 0 saturated carbocycles. The van der Waals surface area contributed by atoms with Crippen LogP contribution in [0.2, 0.25) is 10.0 Å². The monoisotopic (exact) mass is 469 g/mol. The summed E-state index contributed by atoms with van der Waals surface area (Å²) in [6.07, 6.45) is 4.06. The summed E-state index contributed by atoms with van der Waals surface area (Å²) in [5.41, 5.74) is 3.54. The van der Waals surface area contributed by atoms with Gasteiger partial charge in [0.2, 0.25) is 5.95 Å². The summed E-state index contributed by atoms with van der Waals surface area (Å²) < 4.78 is 0. The van der Waals surface area contributed by atoms with Crippen molar-refractivity contribution < 1.29 is 0 Å². The topological polar surface area (TPSA) is 76.8 Å². The quantitative estimate of drug-likeness (QED) is 0.304. The van der Waals surface area contributed by atoms with E-state index in [9.17, 15) is 4.79 Å². The molecule has 0 atom stereocenters. The fraction of sp³-hybridized carbons (Fsp3) is 0.250. The first-order valence-corrected chi connectivity index (χ1v) is 11.3. The van der Waals surface area contributed by atoms with Crippen LogP contribution in [0.4, 0.5) is 11.6 Å². The summed E-state index contributed by atoms with van der Waals surface area (Å²) in [5, 5.41) is 5.52. The Morgan fingerprint density at radius 3 is 2.50 bits per heavy atom. The predicted octanol–water partition coefficient (Wildman–Crippen LogP) is 6.12. The highest BCUT2D eigenvalue weighted by molar-refractivity contribution is 6.39. The first-order valence-electron chi connectivity index (χ1n) is 10.6. The van der Waals surface area contributed by atoms with E-state index in [4.69, 9.17) is 23.2 Å². The maximum atomic E-state index is 13.0. The molecule has 2 aromatic heterocycles. The van der Waals surface area contributed by atoms with Crippen molar-refractivity contribution in [2.75, 3.05) is 25.0 Å². The molecule has 166 valence electrons. The van der Waals surface area contributed by atoms with Gasteiger partial charge in [0.25, 0.3) is 5.56 Å². The number of fused-ring (bicyclic) bond motifs is 3. The van der Waals surface area contributed by atoms with E-state index >= 15 is 0 Å². The normalized spacial score (nSPS) is 11.9. The minimum Gasteiger partial charge on any atom is -0.324 e. The lowest BCUT2D eigenvalue weighted by Crippen LogP contribution is -2.22. The van der Waals surface area contributed by atoms with Crippen molar-refractivity contribution in [3.63, 3.8) is 0 Å². The van der Waals surface area contributed by atoms with Crippen LogP contribution in [0.5, 0.6) is 0 Å². The number of benzene rings is 2. The first kappa shape index (κ1) is 22.4. The van der Waals surface area contributed by atoms with Crippen LogP contribution >= 0.6 is 23.2 Å². The molecule has 0 amide bonds. The van der Waals surface area contributed by atoms with Crippen molar-refractivity contribution in [1.82, 2.24) is 19.9 Å². The van der Waals surface area contributed by atoms with Gasteiger partial charge in [-0.3, -0.25) is 4.79 Å². The van der Waals surface area contributed by atoms with Crippen LogP contribution in [0.25, 0.3) is 27.9 Å². The molecule has 0 radical (unpaired) electrons. The minimum absolute atomic E-state index is 0.174. The molecule has 0 aliphatic carbocycles. The van der Waals surface area contributed by atoms with Gasteiger partial charge >= 0.3 is 0 Å². The second kappa shape index (κ2) is 9.36. The van der Waals surface area contributed by atoms with Crippen LogP contribution in [0.15, 0.2) is 41.2 Å². The fourth-order valence-electron chi connectivity index (χ4n) is 3.80. The summed E-state index contributed by atoms with van der Waals surface area (Å²) >= 11 is 12.5. The van der Waals surface area contributed by atoms with E-state index in [1.165, 1.54) is 0 Å². The molecule has 3 N–H and O–H groups in total. The van der Waals surface area contributed by atoms with Crippen molar-refractivity contribution in [2.45, 2.75) is 20.8 Å². The molecular formula is C24H25Cl2N5O. The van der Waals surface area contributed by atoms with Gasteiger partial charge in [-0.25, -0.2) is 4.98 Å². The Bertz CT molecular complexity index is 1350. The average molecular weight is 470 g/mol. The zero-order chi connectivity index (χ0) is 22.8. The Hall–Kier alpha value is -2.80. The van der Waals surface area contributed by atoms with Gasteiger partial charge in [0.05, 0.1) is 26.6 Å². The maximum Gasteiger partial charge on any atom is 0.258 e. The van der Waals surface area contributed by atoms with Crippen molar-refractivity contribution in [1.29, 1.82) is 0 Å². The number of likely N-dealkylation sites (N-methyl/N-ethyl adjacent to an activating group) is 1. The number of para-hydroxylation sites is 1. The number of nitrogens with zero attached hydrogens (tertiary/aromatic N) is 2. The van der Waals surface area contributed by atoms with Gasteiger partial charge in [0.15, 0.2) is 0 Å². The summed E-state index contributed by atoms with van der Waals surface area (Å²) in [6, 6.07) is 9.15. The molecule has 2 heterocycles. The van der Waals surface area contributed by atoms with Crippen LogP contribution < -0.4 is 10.9 Å². The summed E-state index contributed by atoms with van der Waals surface area (Å²) in [4.78, 5) is 26.2. The van der Waals surface area contributed by atoms with E-state index in [1.54, 1.807) is 18.2 Å². The highest BCUT2D eigenvalue weighted by Gasteiger charge is 2.15. The number of halogens is 2. The largest absolute Gasteiger partial charge is 0.324 e. The van der Waals surface area contributed by atoms with E-state index in [-0.39, 0.29) is 5.56 Å². The number of H-pyrrole nitrogens is 2. The number of pyridine rings is 1. The van der Waals surface area contributed by atoms with Crippen LogP contribution in [0.3, 0.4) is 0 Å². The smallest absolute Gasteiger partial charge is 0.258 e. The van der Waals surface area contributed by atoms with Crippen molar-refractivity contribution in [3.05, 3.63) is 68.1 Å². The van der Waals surface area contributed by atoms with Gasteiger partial charge < -0.3 is 20.2 Å². The molecule has 0 aliphatic rings. The lowest BCUT2D eigenvalue weighted by atomic mass is 10.0. The van der Waals surface area contributed by atoms with Gasteiger partial charge in [-0.2, -0.15) is 0 Å². The molecule has 0 unspecified atom stereocenters. The number of hydrogen-bond acceptors (Lipinski definition) is 4. The second-order valence-corrected chi connectivity index (χ2v) is 8.39. The van der Waals surface area contributed by atoms with E-state index in [0.29, 0.717) is 32.6 Å². The van der Waals surface area contributed by atoms with Crippen LogP contribution in [-0.2, 0) is 0 Å². The highest BCUT2D eigenvalue weighted by atomic mass is 35.5. The molecule has 0 spiro atoms. The Morgan fingerprint density at radius 1 is 1.09 bits per heavy atom. The number of anilines is 2. The molecule has 0 saturated heterocycles. The Labute approximate surface area is 196 Å². The Balaban J connectivity index is 1.75. The number of aryl methyl sites for hydroxylation is 1. The SMILES string of the molecule is CCN(CC)CC=Cc1[nH]c(=O)c2c(ccc3[nH]c(Nc4c(Cl)cccc4Cl)nc32)c1C. The molecular weight excluding hydrogens is 445 g/mol. The number of nitrogens with one attached hydrogen (secondary N) is 3. The van der Waals surface area contributed by atoms with E-state index in [1.807, 2.05) is 25.1 Å². The van der Waals surface area contributed by atoms with Crippen LogP contribution in [0, 0.1) is 6.92 Å². The number of imidazole rings is 1. The third-order valence-corrected chi connectivity index (χ3v) is 6.32. The average Bonchev–Trinajstić information content (AvgIpc) is 3.19. The van der Waals surface area contributed by atoms with E-state index in [2.05, 4.69) is 45.1 Å². The van der Waals surface area contributed by atoms with Crippen LogP contribution in [0.1, 0.15) is 25.1 Å².